The molecule has 0 spiro atoms. The molecule has 1 unspecified atom stereocenters. The van der Waals surface area contributed by atoms with Crippen molar-refractivity contribution in [3.05, 3.63) is 60.2 Å². The quantitative estimate of drug-likeness (QED) is 0.614. The summed E-state index contributed by atoms with van der Waals surface area (Å²) < 4.78 is 6.14. The van der Waals surface area contributed by atoms with Gasteiger partial charge in [0.25, 0.3) is 0 Å². The van der Waals surface area contributed by atoms with Gasteiger partial charge in [-0.2, -0.15) is 0 Å². The third-order valence-corrected chi connectivity index (χ3v) is 4.72. The molecule has 4 rings (SSSR count). The summed E-state index contributed by atoms with van der Waals surface area (Å²) in [5.74, 6) is 0.396. The summed E-state index contributed by atoms with van der Waals surface area (Å²) in [6, 6.07) is 14.4. The molecular weight excluding hydrogens is 272 g/mol. The van der Waals surface area contributed by atoms with E-state index in [-0.39, 0.29) is 17.1 Å². The first kappa shape index (κ1) is 13.3. The number of furan rings is 1. The van der Waals surface area contributed by atoms with Gasteiger partial charge in [0.1, 0.15) is 11.2 Å². The van der Waals surface area contributed by atoms with E-state index >= 15 is 0 Å². The molecule has 0 amide bonds. The van der Waals surface area contributed by atoms with E-state index in [2.05, 4.69) is 38.1 Å². The van der Waals surface area contributed by atoms with E-state index in [1.54, 1.807) is 6.08 Å². The van der Waals surface area contributed by atoms with E-state index in [1.165, 1.54) is 5.56 Å². The molecule has 0 saturated carbocycles. The molecule has 0 saturated heterocycles. The fourth-order valence-corrected chi connectivity index (χ4v) is 3.62. The highest BCUT2D eigenvalue weighted by atomic mass is 16.3. The van der Waals surface area contributed by atoms with Crippen LogP contribution in [0, 0.1) is 5.41 Å². The number of fused-ring (bicyclic) bond motifs is 3. The molecule has 2 aromatic carbocycles. The summed E-state index contributed by atoms with van der Waals surface area (Å²) in [5, 5.41) is 2.29. The van der Waals surface area contributed by atoms with Crippen molar-refractivity contribution in [1.82, 2.24) is 0 Å². The molecule has 2 heteroatoms. The molecule has 0 bridgehead atoms. The van der Waals surface area contributed by atoms with E-state index in [9.17, 15) is 4.79 Å². The lowest BCUT2D eigenvalue weighted by Crippen LogP contribution is -2.27. The number of hydrogen-bond acceptors (Lipinski definition) is 2. The van der Waals surface area contributed by atoms with Crippen molar-refractivity contribution in [2.24, 2.45) is 5.41 Å². The van der Waals surface area contributed by atoms with Crippen LogP contribution in [0.2, 0.25) is 0 Å². The van der Waals surface area contributed by atoms with Gasteiger partial charge in [0.05, 0.1) is 0 Å². The van der Waals surface area contributed by atoms with Crippen molar-refractivity contribution >= 4 is 27.7 Å². The van der Waals surface area contributed by atoms with Crippen molar-refractivity contribution < 1.29 is 9.21 Å². The summed E-state index contributed by atoms with van der Waals surface area (Å²) in [6.07, 6.45) is 4.33. The SMILES string of the molecule is CC1(C)CC(=O)C=CC1c1cccc2c1oc1ccccc12. The molecule has 0 N–H and O–H groups in total. The van der Waals surface area contributed by atoms with Gasteiger partial charge in [-0.3, -0.25) is 4.79 Å². The van der Waals surface area contributed by atoms with Crippen molar-refractivity contribution in [3.63, 3.8) is 0 Å². The fourth-order valence-electron chi connectivity index (χ4n) is 3.62. The number of benzene rings is 2. The number of ketones is 1. The van der Waals surface area contributed by atoms with Crippen LogP contribution in [0.15, 0.2) is 59.0 Å². The van der Waals surface area contributed by atoms with Crippen LogP contribution in [-0.4, -0.2) is 5.78 Å². The van der Waals surface area contributed by atoms with Crippen molar-refractivity contribution in [3.8, 4) is 0 Å². The van der Waals surface area contributed by atoms with Crippen LogP contribution >= 0.6 is 0 Å². The Labute approximate surface area is 129 Å². The van der Waals surface area contributed by atoms with Crippen LogP contribution in [0.25, 0.3) is 21.9 Å². The Morgan fingerprint density at radius 1 is 1.05 bits per heavy atom. The standard InChI is InChI=1S/C20H18O2/c1-20(2)12-13(21)10-11-17(20)16-8-5-7-15-14-6-3-4-9-18(14)22-19(15)16/h3-11,17H,12H2,1-2H3. The van der Waals surface area contributed by atoms with E-state index in [1.807, 2.05) is 24.3 Å². The van der Waals surface area contributed by atoms with Crippen LogP contribution in [0.4, 0.5) is 0 Å². The minimum atomic E-state index is -0.0981. The fraction of sp³-hybridized carbons (Fsp3) is 0.250. The molecular formula is C20H18O2. The predicted molar refractivity (Wildman–Crippen MR) is 89.0 cm³/mol. The highest BCUT2D eigenvalue weighted by Crippen LogP contribution is 2.45. The smallest absolute Gasteiger partial charge is 0.155 e. The Bertz CT molecular complexity index is 912. The largest absolute Gasteiger partial charge is 0.456 e. The van der Waals surface area contributed by atoms with Crippen molar-refractivity contribution in [2.45, 2.75) is 26.2 Å². The summed E-state index contributed by atoms with van der Waals surface area (Å²) in [7, 11) is 0. The second kappa shape index (κ2) is 4.57. The first-order valence-corrected chi connectivity index (χ1v) is 7.67. The van der Waals surface area contributed by atoms with Crippen molar-refractivity contribution in [1.29, 1.82) is 0 Å². The minimum absolute atomic E-state index is 0.0981. The van der Waals surface area contributed by atoms with E-state index in [0.29, 0.717) is 6.42 Å². The lowest BCUT2D eigenvalue weighted by Gasteiger charge is -2.34. The highest BCUT2D eigenvalue weighted by molar-refractivity contribution is 6.06. The van der Waals surface area contributed by atoms with Gasteiger partial charge >= 0.3 is 0 Å². The zero-order valence-corrected chi connectivity index (χ0v) is 12.8. The third kappa shape index (κ3) is 1.91. The molecule has 22 heavy (non-hydrogen) atoms. The Morgan fingerprint density at radius 3 is 2.64 bits per heavy atom. The summed E-state index contributed by atoms with van der Waals surface area (Å²) >= 11 is 0. The number of carbonyl (C=O) groups is 1. The molecule has 110 valence electrons. The normalized spacial score (nSPS) is 20.8. The van der Waals surface area contributed by atoms with Crippen molar-refractivity contribution in [2.75, 3.05) is 0 Å². The lowest BCUT2D eigenvalue weighted by atomic mass is 9.69. The average molecular weight is 290 g/mol. The topological polar surface area (TPSA) is 30.2 Å². The molecule has 1 aliphatic rings. The number of para-hydroxylation sites is 2. The second-order valence-corrected chi connectivity index (χ2v) is 6.79. The van der Waals surface area contributed by atoms with Gasteiger partial charge in [-0.15, -0.1) is 0 Å². The van der Waals surface area contributed by atoms with Gasteiger partial charge in [-0.05, 0) is 17.6 Å². The van der Waals surface area contributed by atoms with Crippen LogP contribution in [-0.2, 0) is 4.79 Å². The number of allylic oxidation sites excluding steroid dienone is 2. The zero-order chi connectivity index (χ0) is 15.3. The Kier molecular flexibility index (Phi) is 2.77. The van der Waals surface area contributed by atoms with Gasteiger partial charge < -0.3 is 4.42 Å². The maximum absolute atomic E-state index is 11.7. The average Bonchev–Trinajstić information content (AvgIpc) is 2.85. The second-order valence-electron chi connectivity index (χ2n) is 6.79. The highest BCUT2D eigenvalue weighted by Gasteiger charge is 2.35. The van der Waals surface area contributed by atoms with Crippen LogP contribution in [0.1, 0.15) is 31.7 Å². The number of rotatable bonds is 1. The predicted octanol–water partition coefficient (Wildman–Crippen LogP) is 5.22. The van der Waals surface area contributed by atoms with Crippen LogP contribution < -0.4 is 0 Å². The molecule has 2 nitrogen and oxygen atoms in total. The number of carbonyl (C=O) groups excluding carboxylic acids is 1. The Morgan fingerprint density at radius 2 is 1.82 bits per heavy atom. The van der Waals surface area contributed by atoms with Gasteiger partial charge in [0, 0.05) is 28.7 Å². The molecule has 0 aliphatic heterocycles. The minimum Gasteiger partial charge on any atom is -0.456 e. The molecule has 0 radical (unpaired) electrons. The molecule has 1 aliphatic carbocycles. The number of hydrogen-bond donors (Lipinski definition) is 0. The van der Waals surface area contributed by atoms with Gasteiger partial charge in [-0.1, -0.05) is 56.3 Å². The maximum atomic E-state index is 11.7. The van der Waals surface area contributed by atoms with Gasteiger partial charge in [-0.25, -0.2) is 0 Å². The first-order chi connectivity index (χ1) is 10.6. The van der Waals surface area contributed by atoms with Crippen LogP contribution in [0.3, 0.4) is 0 Å². The zero-order valence-electron chi connectivity index (χ0n) is 12.8. The van der Waals surface area contributed by atoms with E-state index in [0.717, 1.165) is 21.9 Å². The maximum Gasteiger partial charge on any atom is 0.155 e. The molecule has 0 fully saturated rings. The van der Waals surface area contributed by atoms with Gasteiger partial charge in [0.15, 0.2) is 5.78 Å². The molecule has 3 aromatic rings. The van der Waals surface area contributed by atoms with E-state index in [4.69, 9.17) is 4.42 Å². The lowest BCUT2D eigenvalue weighted by molar-refractivity contribution is -0.117. The molecule has 1 heterocycles. The Balaban J connectivity index is 1.99. The Hall–Kier alpha value is -2.35. The monoisotopic (exact) mass is 290 g/mol. The molecule has 1 atom stereocenters. The molecule has 1 aromatic heterocycles. The summed E-state index contributed by atoms with van der Waals surface area (Å²) in [6.45, 7) is 4.31. The summed E-state index contributed by atoms with van der Waals surface area (Å²) in [5.41, 5.74) is 2.93. The van der Waals surface area contributed by atoms with E-state index < -0.39 is 0 Å². The van der Waals surface area contributed by atoms with Crippen LogP contribution in [0.5, 0.6) is 0 Å². The third-order valence-electron chi connectivity index (χ3n) is 4.72. The summed E-state index contributed by atoms with van der Waals surface area (Å²) in [4.78, 5) is 11.7. The van der Waals surface area contributed by atoms with Gasteiger partial charge in [0.2, 0.25) is 0 Å². The first-order valence-electron chi connectivity index (χ1n) is 7.67.